The minimum absolute atomic E-state index is 0.238. The Balaban J connectivity index is 1.78. The summed E-state index contributed by atoms with van der Waals surface area (Å²) in [5.41, 5.74) is 0. The van der Waals surface area contributed by atoms with Gasteiger partial charge in [-0.15, -0.1) is 0 Å². The molecular formula is C18H35NO7S. The van der Waals surface area contributed by atoms with Crippen LogP contribution in [0.1, 0.15) is 12.8 Å². The zero-order valence-electron chi connectivity index (χ0n) is 16.7. The Morgan fingerprint density at radius 3 is 1.70 bits per heavy atom. The molecule has 1 fully saturated rings. The van der Waals surface area contributed by atoms with Gasteiger partial charge in [-0.2, -0.15) is 11.8 Å². The van der Waals surface area contributed by atoms with Gasteiger partial charge in [-0.05, 0) is 19.1 Å². The van der Waals surface area contributed by atoms with Crippen molar-refractivity contribution in [1.29, 1.82) is 0 Å². The van der Waals surface area contributed by atoms with E-state index in [1.165, 1.54) is 0 Å². The molecule has 27 heavy (non-hydrogen) atoms. The fraction of sp³-hybridized carbons (Fsp3) is 0.944. The number of methoxy groups -OCH3 is 1. The van der Waals surface area contributed by atoms with Crippen molar-refractivity contribution in [1.82, 2.24) is 4.90 Å². The molecule has 0 aromatic rings. The van der Waals surface area contributed by atoms with Gasteiger partial charge in [0.1, 0.15) is 6.61 Å². The van der Waals surface area contributed by atoms with Gasteiger partial charge in [0.2, 0.25) is 0 Å². The molecule has 1 aliphatic rings. The first-order valence-electron chi connectivity index (χ1n) is 9.52. The van der Waals surface area contributed by atoms with E-state index in [-0.39, 0.29) is 12.7 Å². The number of carbonyl (C=O) groups is 1. The lowest BCUT2D eigenvalue weighted by molar-refractivity contribution is -0.0123. The van der Waals surface area contributed by atoms with Crippen LogP contribution in [0.4, 0.5) is 4.79 Å². The average molecular weight is 410 g/mol. The molecule has 0 N–H and O–H groups in total. The molecule has 8 nitrogen and oxygen atoms in total. The second kappa shape index (κ2) is 17.5. The highest BCUT2D eigenvalue weighted by Crippen LogP contribution is 2.21. The Labute approximate surface area is 167 Å². The van der Waals surface area contributed by atoms with Crippen LogP contribution in [0, 0.1) is 0 Å². The standard InChI is InChI=1S/C18H35NO7S/c1-21-7-8-22-9-10-23-11-12-24-13-14-25-15-16-26-18(20)19-5-3-17(27-2)4-6-19/h17H,3-16H2,1-2H3. The Morgan fingerprint density at radius 2 is 1.26 bits per heavy atom. The van der Waals surface area contributed by atoms with Gasteiger partial charge in [-0.1, -0.05) is 0 Å². The van der Waals surface area contributed by atoms with Gasteiger partial charge < -0.3 is 33.3 Å². The lowest BCUT2D eigenvalue weighted by atomic mass is 10.1. The summed E-state index contributed by atoms with van der Waals surface area (Å²) in [7, 11) is 1.64. The summed E-state index contributed by atoms with van der Waals surface area (Å²) in [6.07, 6.45) is 3.95. The van der Waals surface area contributed by atoms with Crippen molar-refractivity contribution >= 4 is 17.9 Å². The van der Waals surface area contributed by atoms with Crippen molar-refractivity contribution in [2.24, 2.45) is 0 Å². The molecule has 0 spiro atoms. The maximum absolute atomic E-state index is 11.9. The van der Waals surface area contributed by atoms with E-state index in [0.717, 1.165) is 25.9 Å². The quantitative estimate of drug-likeness (QED) is 0.356. The molecule has 0 aromatic carbocycles. The first kappa shape index (κ1) is 24.5. The summed E-state index contributed by atoms with van der Waals surface area (Å²) in [4.78, 5) is 13.7. The minimum Gasteiger partial charge on any atom is -0.447 e. The van der Waals surface area contributed by atoms with Crippen LogP contribution in [-0.2, 0) is 28.4 Å². The summed E-state index contributed by atoms with van der Waals surface area (Å²) in [5, 5.41) is 0.664. The number of thioether (sulfide) groups is 1. The number of amides is 1. The molecule has 1 amide bonds. The average Bonchev–Trinajstić information content (AvgIpc) is 2.70. The molecule has 0 atom stereocenters. The third kappa shape index (κ3) is 13.3. The number of nitrogens with zero attached hydrogens (tertiary/aromatic N) is 1. The topological polar surface area (TPSA) is 75.7 Å². The number of piperidine rings is 1. The van der Waals surface area contributed by atoms with Gasteiger partial charge in [0.15, 0.2) is 0 Å². The van der Waals surface area contributed by atoms with E-state index in [2.05, 4.69) is 6.26 Å². The van der Waals surface area contributed by atoms with Gasteiger partial charge in [-0.3, -0.25) is 0 Å². The molecule has 0 radical (unpaired) electrons. The summed E-state index contributed by atoms with van der Waals surface area (Å²) in [6, 6.07) is 0. The van der Waals surface area contributed by atoms with Crippen LogP contribution in [0.15, 0.2) is 0 Å². The van der Waals surface area contributed by atoms with Crippen molar-refractivity contribution in [2.75, 3.05) is 92.5 Å². The van der Waals surface area contributed by atoms with Gasteiger partial charge in [0.25, 0.3) is 0 Å². The zero-order chi connectivity index (χ0) is 19.6. The smallest absolute Gasteiger partial charge is 0.409 e. The van der Waals surface area contributed by atoms with Crippen molar-refractivity contribution in [3.63, 3.8) is 0 Å². The van der Waals surface area contributed by atoms with Crippen LogP contribution >= 0.6 is 11.8 Å². The number of likely N-dealkylation sites (tertiary alicyclic amines) is 1. The van der Waals surface area contributed by atoms with Crippen molar-refractivity contribution in [2.45, 2.75) is 18.1 Å². The summed E-state index contributed by atoms with van der Waals surface area (Å²) >= 11 is 1.87. The molecule has 0 bridgehead atoms. The van der Waals surface area contributed by atoms with Gasteiger partial charge in [0.05, 0.1) is 59.5 Å². The Morgan fingerprint density at radius 1 is 0.815 bits per heavy atom. The predicted molar refractivity (Wildman–Crippen MR) is 105 cm³/mol. The SMILES string of the molecule is COCCOCCOCCOCCOCCOC(=O)N1CCC(SC)CC1. The normalized spacial score (nSPS) is 15.3. The second-order valence-electron chi connectivity index (χ2n) is 5.98. The highest BCUT2D eigenvalue weighted by Gasteiger charge is 2.22. The summed E-state index contributed by atoms with van der Waals surface area (Å²) < 4.78 is 31.5. The molecule has 1 aliphatic heterocycles. The first-order chi connectivity index (χ1) is 13.3. The number of hydrogen-bond acceptors (Lipinski definition) is 8. The third-order valence-electron chi connectivity index (χ3n) is 4.03. The lowest BCUT2D eigenvalue weighted by Crippen LogP contribution is -2.39. The highest BCUT2D eigenvalue weighted by molar-refractivity contribution is 7.99. The fourth-order valence-electron chi connectivity index (χ4n) is 2.46. The maximum atomic E-state index is 11.9. The monoisotopic (exact) mass is 409 g/mol. The van der Waals surface area contributed by atoms with Crippen LogP contribution in [0.5, 0.6) is 0 Å². The molecule has 1 rings (SSSR count). The van der Waals surface area contributed by atoms with Crippen LogP contribution in [-0.4, -0.2) is 109 Å². The van der Waals surface area contributed by atoms with Gasteiger partial charge in [0, 0.05) is 25.4 Å². The van der Waals surface area contributed by atoms with E-state index in [1.807, 2.05) is 11.8 Å². The first-order valence-corrected chi connectivity index (χ1v) is 10.8. The van der Waals surface area contributed by atoms with E-state index < -0.39 is 0 Å². The van der Waals surface area contributed by atoms with Crippen LogP contribution in [0.25, 0.3) is 0 Å². The van der Waals surface area contributed by atoms with Crippen LogP contribution < -0.4 is 0 Å². The molecule has 160 valence electrons. The number of ether oxygens (including phenoxy) is 6. The van der Waals surface area contributed by atoms with Crippen molar-refractivity contribution in [3.8, 4) is 0 Å². The predicted octanol–water partition coefficient (Wildman–Crippen LogP) is 1.66. The minimum atomic E-state index is -0.238. The molecule has 1 saturated heterocycles. The summed E-state index contributed by atoms with van der Waals surface area (Å²) in [5.74, 6) is 0. The molecule has 9 heteroatoms. The van der Waals surface area contributed by atoms with Crippen molar-refractivity contribution < 1.29 is 33.2 Å². The van der Waals surface area contributed by atoms with Crippen LogP contribution in [0.2, 0.25) is 0 Å². The molecule has 0 aromatic heterocycles. The van der Waals surface area contributed by atoms with E-state index in [9.17, 15) is 4.79 Å². The number of carbonyl (C=O) groups excluding carboxylic acids is 1. The van der Waals surface area contributed by atoms with Crippen LogP contribution in [0.3, 0.4) is 0 Å². The molecule has 1 heterocycles. The molecule has 0 saturated carbocycles. The lowest BCUT2D eigenvalue weighted by Gasteiger charge is -2.30. The molecule has 0 aliphatic carbocycles. The molecular weight excluding hydrogens is 374 g/mol. The third-order valence-corrected chi connectivity index (χ3v) is 5.17. The summed E-state index contributed by atoms with van der Waals surface area (Å²) in [6.45, 7) is 6.49. The molecule has 0 unspecified atom stereocenters. The van der Waals surface area contributed by atoms with E-state index in [0.29, 0.717) is 64.7 Å². The maximum Gasteiger partial charge on any atom is 0.409 e. The zero-order valence-corrected chi connectivity index (χ0v) is 17.5. The number of hydrogen-bond donors (Lipinski definition) is 0. The highest BCUT2D eigenvalue weighted by atomic mass is 32.2. The van der Waals surface area contributed by atoms with E-state index in [4.69, 9.17) is 28.4 Å². The Bertz CT molecular complexity index is 355. The van der Waals surface area contributed by atoms with Gasteiger partial charge in [-0.25, -0.2) is 4.79 Å². The largest absolute Gasteiger partial charge is 0.447 e. The Kier molecular flexibility index (Phi) is 15.9. The van der Waals surface area contributed by atoms with Crippen molar-refractivity contribution in [3.05, 3.63) is 0 Å². The Hall–Kier alpha value is -0.580. The number of rotatable bonds is 16. The van der Waals surface area contributed by atoms with E-state index in [1.54, 1.807) is 12.0 Å². The fourth-order valence-corrected chi connectivity index (χ4v) is 3.14. The van der Waals surface area contributed by atoms with Gasteiger partial charge >= 0.3 is 6.09 Å². The second-order valence-corrected chi connectivity index (χ2v) is 7.12. The van der Waals surface area contributed by atoms with E-state index >= 15 is 0 Å².